The van der Waals surface area contributed by atoms with Gasteiger partial charge in [-0.25, -0.2) is 0 Å². The maximum atomic E-state index is 9.44. The Balaban J connectivity index is 2.40. The molecule has 0 aliphatic carbocycles. The van der Waals surface area contributed by atoms with Crippen LogP contribution in [0.5, 0.6) is 0 Å². The summed E-state index contributed by atoms with van der Waals surface area (Å²) < 4.78 is 5.69. The number of rotatable bonds is 2. The first kappa shape index (κ1) is 17.6. The van der Waals surface area contributed by atoms with Gasteiger partial charge in [0.15, 0.2) is 11.3 Å². The van der Waals surface area contributed by atoms with Crippen molar-refractivity contribution in [2.24, 2.45) is 0 Å². The summed E-state index contributed by atoms with van der Waals surface area (Å²) in [5, 5.41) is 27.5. The van der Waals surface area contributed by atoms with Gasteiger partial charge >= 0.3 is 0 Å². The Morgan fingerprint density at radius 3 is 2.36 bits per heavy atom. The minimum Gasteiger partial charge on any atom is -0.480 e. The normalized spacial score (nSPS) is 17.7. The van der Waals surface area contributed by atoms with Crippen LogP contribution in [0, 0.1) is 34.0 Å². The second kappa shape index (κ2) is 7.24. The van der Waals surface area contributed by atoms with E-state index in [0.717, 1.165) is 5.57 Å². The van der Waals surface area contributed by atoms with Crippen molar-refractivity contribution in [2.45, 2.75) is 19.4 Å². The summed E-state index contributed by atoms with van der Waals surface area (Å²) in [7, 11) is 1.94. The second-order valence-electron chi connectivity index (χ2n) is 5.86. The number of hydrogen-bond acceptors (Lipinski definition) is 5. The third kappa shape index (κ3) is 3.80. The van der Waals surface area contributed by atoms with Gasteiger partial charge in [-0.05, 0) is 32.1 Å². The molecule has 0 aromatic rings. The maximum Gasteiger partial charge on any atom is 0.172 e. The van der Waals surface area contributed by atoms with E-state index in [-0.39, 0.29) is 16.9 Å². The third-order valence-corrected chi connectivity index (χ3v) is 3.65. The smallest absolute Gasteiger partial charge is 0.172 e. The standard InChI is InChI=1S/C20H16N4O/c1-20(2)18(17(14-23)19(25-20)16(12-21)13-22)7-5-4-6-15-8-10-24(3)11-9-15/h4-5,7-11H,1-3H3. The van der Waals surface area contributed by atoms with Crippen LogP contribution in [0.4, 0.5) is 0 Å². The van der Waals surface area contributed by atoms with Crippen molar-refractivity contribution >= 4 is 0 Å². The molecule has 2 aliphatic rings. The lowest BCUT2D eigenvalue weighted by Crippen LogP contribution is -2.20. The fourth-order valence-corrected chi connectivity index (χ4v) is 2.37. The maximum absolute atomic E-state index is 9.44. The zero-order valence-electron chi connectivity index (χ0n) is 14.2. The largest absolute Gasteiger partial charge is 0.480 e. The van der Waals surface area contributed by atoms with Gasteiger partial charge in [0.05, 0.1) is 0 Å². The number of nitrogens with zero attached hydrogens (tertiary/aromatic N) is 4. The lowest BCUT2D eigenvalue weighted by atomic mass is 9.95. The van der Waals surface area contributed by atoms with Gasteiger partial charge in [0, 0.05) is 30.6 Å². The van der Waals surface area contributed by atoms with Crippen molar-refractivity contribution < 1.29 is 4.74 Å². The van der Waals surface area contributed by atoms with Gasteiger partial charge in [-0.2, -0.15) is 15.8 Å². The number of allylic oxidation sites excluding steroid dienone is 6. The molecule has 0 spiro atoms. The van der Waals surface area contributed by atoms with Crippen molar-refractivity contribution in [3.8, 4) is 18.2 Å². The minimum absolute atomic E-state index is 0.0423. The van der Waals surface area contributed by atoms with Crippen LogP contribution in [0.15, 0.2) is 76.6 Å². The average Bonchev–Trinajstić information content (AvgIpc) is 2.84. The third-order valence-electron chi connectivity index (χ3n) is 3.65. The Labute approximate surface area is 147 Å². The van der Waals surface area contributed by atoms with Crippen molar-refractivity contribution in [1.29, 1.82) is 15.8 Å². The molecule has 5 heteroatoms. The van der Waals surface area contributed by atoms with Crippen LogP contribution in [0.1, 0.15) is 13.8 Å². The first-order chi connectivity index (χ1) is 11.9. The minimum atomic E-state index is -0.801. The molecule has 25 heavy (non-hydrogen) atoms. The molecule has 0 saturated carbocycles. The number of ether oxygens (including phenoxy) is 1. The highest BCUT2D eigenvalue weighted by Crippen LogP contribution is 2.39. The summed E-state index contributed by atoms with van der Waals surface area (Å²) in [6, 6.07) is 5.58. The predicted octanol–water partition coefficient (Wildman–Crippen LogP) is 3.53. The van der Waals surface area contributed by atoms with Gasteiger partial charge in [-0.15, -0.1) is 5.73 Å². The predicted molar refractivity (Wildman–Crippen MR) is 92.8 cm³/mol. The fourth-order valence-electron chi connectivity index (χ4n) is 2.37. The lowest BCUT2D eigenvalue weighted by Gasteiger charge is -2.20. The Kier molecular flexibility index (Phi) is 5.11. The molecule has 0 radical (unpaired) electrons. The van der Waals surface area contributed by atoms with Crippen LogP contribution in [-0.2, 0) is 4.74 Å². The topological polar surface area (TPSA) is 83.8 Å². The van der Waals surface area contributed by atoms with E-state index >= 15 is 0 Å². The number of nitriles is 3. The summed E-state index contributed by atoms with van der Waals surface area (Å²) in [6.07, 6.45) is 12.9. The van der Waals surface area contributed by atoms with Crippen LogP contribution < -0.4 is 0 Å². The number of hydrogen-bond donors (Lipinski definition) is 0. The quantitative estimate of drug-likeness (QED) is 0.440. The van der Waals surface area contributed by atoms with Crippen molar-refractivity contribution in [3.63, 3.8) is 0 Å². The molecule has 0 atom stereocenters. The van der Waals surface area contributed by atoms with Crippen molar-refractivity contribution in [1.82, 2.24) is 4.90 Å². The van der Waals surface area contributed by atoms with E-state index in [9.17, 15) is 5.26 Å². The highest BCUT2D eigenvalue weighted by atomic mass is 16.5. The first-order valence-electron chi connectivity index (χ1n) is 7.53. The van der Waals surface area contributed by atoms with Gasteiger partial charge in [0.2, 0.25) is 0 Å². The Morgan fingerprint density at radius 1 is 1.16 bits per heavy atom. The SMILES string of the molecule is CN1C=CC(=C=CC=CC2=C(C#N)C(=C(C#N)C#N)OC2(C)C)C=C1. The van der Waals surface area contributed by atoms with Crippen LogP contribution in [0.3, 0.4) is 0 Å². The Bertz CT molecular complexity index is 896. The first-order valence-corrected chi connectivity index (χ1v) is 7.53. The van der Waals surface area contributed by atoms with E-state index in [2.05, 4.69) is 5.73 Å². The highest BCUT2D eigenvalue weighted by Gasteiger charge is 2.38. The van der Waals surface area contributed by atoms with Gasteiger partial charge in [0.1, 0.15) is 29.4 Å². The summed E-state index contributed by atoms with van der Waals surface area (Å²) in [5.41, 5.74) is 3.87. The van der Waals surface area contributed by atoms with Gasteiger partial charge in [-0.3, -0.25) is 0 Å². The molecule has 2 aliphatic heterocycles. The van der Waals surface area contributed by atoms with E-state index in [1.807, 2.05) is 42.6 Å². The van der Waals surface area contributed by atoms with Crippen LogP contribution in [-0.4, -0.2) is 17.5 Å². The Morgan fingerprint density at radius 2 is 1.80 bits per heavy atom. The van der Waals surface area contributed by atoms with E-state index in [0.29, 0.717) is 5.57 Å². The summed E-state index contributed by atoms with van der Waals surface area (Å²) in [5.74, 6) is 0.0423. The summed E-state index contributed by atoms with van der Waals surface area (Å²) in [6.45, 7) is 3.57. The molecule has 5 nitrogen and oxygen atoms in total. The molecule has 122 valence electrons. The van der Waals surface area contributed by atoms with Gasteiger partial charge in [0.25, 0.3) is 0 Å². The second-order valence-corrected chi connectivity index (χ2v) is 5.86. The van der Waals surface area contributed by atoms with Crippen LogP contribution in [0.2, 0.25) is 0 Å². The van der Waals surface area contributed by atoms with Gasteiger partial charge < -0.3 is 9.64 Å². The monoisotopic (exact) mass is 328 g/mol. The molecule has 2 rings (SSSR count). The lowest BCUT2D eigenvalue weighted by molar-refractivity contribution is 0.0954. The molecule has 2 heterocycles. The van der Waals surface area contributed by atoms with Crippen molar-refractivity contribution in [3.05, 3.63) is 76.6 Å². The Hall–Kier alpha value is -3.71. The van der Waals surface area contributed by atoms with E-state index in [4.69, 9.17) is 15.3 Å². The molecule has 0 unspecified atom stereocenters. The molecule has 0 fully saturated rings. The van der Waals surface area contributed by atoms with E-state index < -0.39 is 5.60 Å². The molecule has 0 saturated heterocycles. The van der Waals surface area contributed by atoms with E-state index in [1.165, 1.54) is 0 Å². The summed E-state index contributed by atoms with van der Waals surface area (Å²) >= 11 is 0. The van der Waals surface area contributed by atoms with Crippen LogP contribution in [0.25, 0.3) is 0 Å². The highest BCUT2D eigenvalue weighted by molar-refractivity contribution is 5.60. The zero-order chi connectivity index (χ0) is 18.4. The van der Waals surface area contributed by atoms with E-state index in [1.54, 1.807) is 44.2 Å². The molecule has 0 N–H and O–H groups in total. The molecule has 0 amide bonds. The molecular weight excluding hydrogens is 312 g/mol. The molecule has 0 aromatic carbocycles. The van der Waals surface area contributed by atoms with Crippen LogP contribution >= 0.6 is 0 Å². The zero-order valence-corrected chi connectivity index (χ0v) is 14.2. The molecule has 0 bridgehead atoms. The molecular formula is C20H16N4O. The molecule has 0 aromatic heterocycles. The van der Waals surface area contributed by atoms with Gasteiger partial charge in [-0.1, -0.05) is 12.2 Å². The fraction of sp³-hybridized carbons (Fsp3) is 0.200. The summed E-state index contributed by atoms with van der Waals surface area (Å²) in [4.78, 5) is 1.93. The van der Waals surface area contributed by atoms with Crippen molar-refractivity contribution in [2.75, 3.05) is 7.05 Å². The average molecular weight is 328 g/mol.